The molecule has 19 heavy (non-hydrogen) atoms. The molecule has 2 aliphatic heterocycles. The number of rotatable bonds is 1. The van der Waals surface area contributed by atoms with Crippen molar-refractivity contribution in [1.29, 1.82) is 0 Å². The summed E-state index contributed by atoms with van der Waals surface area (Å²) in [5, 5.41) is 0. The number of hydrogen-bond acceptors (Lipinski definition) is 4. The first-order valence-electron chi connectivity index (χ1n) is 6.40. The zero-order chi connectivity index (χ0) is 13.6. The van der Waals surface area contributed by atoms with Crippen molar-refractivity contribution in [3.05, 3.63) is 23.8 Å². The van der Waals surface area contributed by atoms with Gasteiger partial charge >= 0.3 is 0 Å². The number of nitrogens with zero attached hydrogens (tertiary/aromatic N) is 2. The van der Waals surface area contributed by atoms with Crippen molar-refractivity contribution in [2.45, 2.75) is 13.0 Å². The molecule has 2 heterocycles. The van der Waals surface area contributed by atoms with Crippen LogP contribution in [-0.4, -0.2) is 42.8 Å². The van der Waals surface area contributed by atoms with Crippen LogP contribution < -0.4 is 9.80 Å². The Kier molecular flexibility index (Phi) is 3.01. The normalized spacial score (nSPS) is 22.9. The third-order valence-electron chi connectivity index (χ3n) is 3.79. The Balaban J connectivity index is 1.98. The molecule has 0 radical (unpaired) electrons. The van der Waals surface area contributed by atoms with E-state index in [2.05, 4.69) is 11.8 Å². The molecule has 0 N–H and O–H groups in total. The molecule has 0 saturated carbocycles. The maximum Gasteiger partial charge on any atom is 0.299 e. The van der Waals surface area contributed by atoms with Crippen LogP contribution in [0.2, 0.25) is 0 Å². The van der Waals surface area contributed by atoms with Gasteiger partial charge in [-0.05, 0) is 25.1 Å². The van der Waals surface area contributed by atoms with Gasteiger partial charge in [0.2, 0.25) is 0 Å². The van der Waals surface area contributed by atoms with Crippen LogP contribution in [-0.2, 0) is 4.79 Å². The molecule has 0 aliphatic carbocycles. The van der Waals surface area contributed by atoms with E-state index in [0.717, 1.165) is 29.4 Å². The van der Waals surface area contributed by atoms with Crippen molar-refractivity contribution >= 4 is 34.8 Å². The second-order valence-corrected chi connectivity index (χ2v) is 6.16. The van der Waals surface area contributed by atoms with E-state index in [1.807, 2.05) is 23.9 Å². The van der Waals surface area contributed by atoms with E-state index in [0.29, 0.717) is 11.6 Å². The Labute approximate surface area is 116 Å². The molecule has 5 heteroatoms. The van der Waals surface area contributed by atoms with E-state index < -0.39 is 11.7 Å². The first-order chi connectivity index (χ1) is 9.09. The molecule has 4 nitrogen and oxygen atoms in total. The molecule has 0 aromatic heterocycles. The van der Waals surface area contributed by atoms with Gasteiger partial charge in [0.25, 0.3) is 11.7 Å². The van der Waals surface area contributed by atoms with Crippen LogP contribution in [0.25, 0.3) is 0 Å². The van der Waals surface area contributed by atoms with Crippen LogP contribution in [0.15, 0.2) is 18.2 Å². The topological polar surface area (TPSA) is 40.6 Å². The number of carbonyl (C=O) groups is 2. The number of carbonyl (C=O) groups excluding carboxylic acids is 2. The minimum atomic E-state index is -0.436. The highest BCUT2D eigenvalue weighted by Gasteiger charge is 2.34. The van der Waals surface area contributed by atoms with Crippen LogP contribution in [0.5, 0.6) is 0 Å². The first-order valence-corrected chi connectivity index (χ1v) is 7.56. The summed E-state index contributed by atoms with van der Waals surface area (Å²) < 4.78 is 0. The molecule has 100 valence electrons. The standard InChI is InChI=1S/C14H16N2O2S/c1-9-8-19-6-5-16(9)10-3-4-11-12(7-10)15(2)14(18)13(11)17/h3-4,7,9H,5-6,8H2,1-2H3. The minimum absolute atomic E-state index is 0.397. The van der Waals surface area contributed by atoms with Crippen LogP contribution in [0, 0.1) is 0 Å². The molecule has 1 saturated heterocycles. The highest BCUT2D eigenvalue weighted by Crippen LogP contribution is 2.33. The molecule has 1 aromatic carbocycles. The van der Waals surface area contributed by atoms with E-state index in [1.165, 1.54) is 4.90 Å². The van der Waals surface area contributed by atoms with E-state index in [9.17, 15) is 9.59 Å². The molecule has 1 unspecified atom stereocenters. The van der Waals surface area contributed by atoms with Gasteiger partial charge in [0.1, 0.15) is 0 Å². The number of hydrogen-bond donors (Lipinski definition) is 0. The third kappa shape index (κ3) is 1.92. The summed E-state index contributed by atoms with van der Waals surface area (Å²) in [6.45, 7) is 3.22. The fraction of sp³-hybridized carbons (Fsp3) is 0.429. The van der Waals surface area contributed by atoms with Crippen molar-refractivity contribution in [2.75, 3.05) is 34.9 Å². The SMILES string of the molecule is CC1CSCCN1c1ccc2c(c1)N(C)C(=O)C2=O. The highest BCUT2D eigenvalue weighted by atomic mass is 32.2. The number of thioether (sulfide) groups is 1. The predicted octanol–water partition coefficient (Wildman–Crippen LogP) is 1.79. The maximum atomic E-state index is 11.8. The lowest BCUT2D eigenvalue weighted by atomic mass is 10.1. The Hall–Kier alpha value is -1.49. The summed E-state index contributed by atoms with van der Waals surface area (Å²) >= 11 is 1.97. The van der Waals surface area contributed by atoms with Gasteiger partial charge in [0.15, 0.2) is 0 Å². The van der Waals surface area contributed by atoms with Gasteiger partial charge in [-0.1, -0.05) is 0 Å². The van der Waals surface area contributed by atoms with E-state index in [-0.39, 0.29) is 0 Å². The van der Waals surface area contributed by atoms with Gasteiger partial charge in [-0.2, -0.15) is 11.8 Å². The fourth-order valence-electron chi connectivity index (χ4n) is 2.66. The van der Waals surface area contributed by atoms with Gasteiger partial charge in [0.05, 0.1) is 11.3 Å². The quantitative estimate of drug-likeness (QED) is 0.733. The van der Waals surface area contributed by atoms with Crippen molar-refractivity contribution in [3.8, 4) is 0 Å². The lowest BCUT2D eigenvalue weighted by molar-refractivity contribution is -0.114. The van der Waals surface area contributed by atoms with Gasteiger partial charge in [-0.15, -0.1) is 0 Å². The minimum Gasteiger partial charge on any atom is -0.367 e. The number of fused-ring (bicyclic) bond motifs is 1. The summed E-state index contributed by atoms with van der Waals surface area (Å²) in [4.78, 5) is 27.2. The third-order valence-corrected chi connectivity index (χ3v) is 4.97. The van der Waals surface area contributed by atoms with Gasteiger partial charge in [-0.25, -0.2) is 0 Å². The Morgan fingerprint density at radius 3 is 2.84 bits per heavy atom. The second-order valence-electron chi connectivity index (χ2n) is 5.01. The smallest absolute Gasteiger partial charge is 0.299 e. The van der Waals surface area contributed by atoms with Crippen LogP contribution in [0.4, 0.5) is 11.4 Å². The van der Waals surface area contributed by atoms with Crippen LogP contribution in [0.3, 0.4) is 0 Å². The van der Waals surface area contributed by atoms with Gasteiger partial charge in [-0.3, -0.25) is 9.59 Å². The van der Waals surface area contributed by atoms with Crippen molar-refractivity contribution in [3.63, 3.8) is 0 Å². The lowest BCUT2D eigenvalue weighted by Crippen LogP contribution is -2.40. The number of Topliss-reactive ketones (excluding diaryl/α,β-unsaturated/α-hetero) is 1. The van der Waals surface area contributed by atoms with Crippen molar-refractivity contribution in [2.24, 2.45) is 0 Å². The summed E-state index contributed by atoms with van der Waals surface area (Å²) in [6, 6.07) is 6.18. The highest BCUT2D eigenvalue weighted by molar-refractivity contribution is 7.99. The van der Waals surface area contributed by atoms with Crippen LogP contribution >= 0.6 is 11.8 Å². The van der Waals surface area contributed by atoms with Crippen molar-refractivity contribution < 1.29 is 9.59 Å². The summed E-state index contributed by atoms with van der Waals surface area (Å²) in [5.74, 6) is 1.40. The summed E-state index contributed by atoms with van der Waals surface area (Å²) in [6.07, 6.45) is 0. The predicted molar refractivity (Wildman–Crippen MR) is 78.3 cm³/mol. The molecule has 0 bridgehead atoms. The molecule has 1 amide bonds. The molecular formula is C14H16N2O2S. The average molecular weight is 276 g/mol. The number of ketones is 1. The largest absolute Gasteiger partial charge is 0.367 e. The summed E-state index contributed by atoms with van der Waals surface area (Å²) in [7, 11) is 1.66. The number of amides is 1. The second kappa shape index (κ2) is 4.56. The molecule has 3 rings (SSSR count). The molecule has 1 fully saturated rings. The van der Waals surface area contributed by atoms with E-state index in [4.69, 9.17) is 0 Å². The molecule has 0 spiro atoms. The molecule has 2 aliphatic rings. The maximum absolute atomic E-state index is 11.8. The van der Waals surface area contributed by atoms with E-state index >= 15 is 0 Å². The van der Waals surface area contributed by atoms with Gasteiger partial charge in [0, 0.05) is 36.8 Å². The molecule has 1 aromatic rings. The Morgan fingerprint density at radius 2 is 2.11 bits per heavy atom. The van der Waals surface area contributed by atoms with Crippen molar-refractivity contribution in [1.82, 2.24) is 0 Å². The summed E-state index contributed by atoms with van der Waals surface area (Å²) in [5.41, 5.74) is 2.36. The number of benzene rings is 1. The average Bonchev–Trinajstić information content (AvgIpc) is 2.64. The first kappa shape index (κ1) is 12.5. The Bertz CT molecular complexity index is 558. The monoisotopic (exact) mass is 276 g/mol. The van der Waals surface area contributed by atoms with Crippen LogP contribution in [0.1, 0.15) is 17.3 Å². The van der Waals surface area contributed by atoms with Gasteiger partial charge < -0.3 is 9.80 Å². The number of anilines is 2. The number of likely N-dealkylation sites (N-methyl/N-ethyl adjacent to an activating group) is 1. The zero-order valence-corrected chi connectivity index (χ0v) is 11.9. The zero-order valence-electron chi connectivity index (χ0n) is 11.0. The molecular weight excluding hydrogens is 260 g/mol. The molecule has 1 atom stereocenters. The van der Waals surface area contributed by atoms with E-state index in [1.54, 1.807) is 13.1 Å². The Morgan fingerprint density at radius 1 is 1.32 bits per heavy atom. The fourth-order valence-corrected chi connectivity index (χ4v) is 3.67. The lowest BCUT2D eigenvalue weighted by Gasteiger charge is -2.35.